The summed E-state index contributed by atoms with van der Waals surface area (Å²) in [6.07, 6.45) is 1.51. The molecule has 1 heterocycles. The molecule has 2 aromatic carbocycles. The van der Waals surface area contributed by atoms with E-state index in [0.717, 1.165) is 22.0 Å². The van der Waals surface area contributed by atoms with E-state index in [0.29, 0.717) is 16.8 Å². The number of nitrogens with zero attached hydrogens (tertiary/aromatic N) is 2. The number of hydrogen-bond acceptors (Lipinski definition) is 4. The van der Waals surface area contributed by atoms with E-state index in [1.165, 1.54) is 6.33 Å². The molecule has 3 rings (SSSR count). The lowest BCUT2D eigenvalue weighted by molar-refractivity contribution is 0.479. The maximum absolute atomic E-state index is 12.5. The van der Waals surface area contributed by atoms with E-state index >= 15 is 0 Å². The quantitative estimate of drug-likeness (QED) is 0.527. The lowest BCUT2D eigenvalue weighted by Gasteiger charge is -2.26. The molecule has 0 aliphatic rings. The molecule has 0 saturated carbocycles. The SMILES string of the molecule is CC(C)c1cc(C(C)C)c(S(=O)(=O)O)c(C(C)C)c1-c1ncnc2ccccc12. The Labute approximate surface area is 173 Å². The lowest BCUT2D eigenvalue weighted by Crippen LogP contribution is -2.14. The number of para-hydroxylation sites is 1. The summed E-state index contributed by atoms with van der Waals surface area (Å²) in [5.41, 5.74) is 4.55. The molecule has 0 unspecified atom stereocenters. The van der Waals surface area contributed by atoms with Gasteiger partial charge in [-0.2, -0.15) is 8.42 Å². The van der Waals surface area contributed by atoms with Gasteiger partial charge in [0.15, 0.2) is 0 Å². The molecule has 29 heavy (non-hydrogen) atoms. The average molecular weight is 413 g/mol. The molecule has 1 aromatic heterocycles. The zero-order valence-corrected chi connectivity index (χ0v) is 18.6. The third kappa shape index (κ3) is 3.91. The molecular weight excluding hydrogens is 384 g/mol. The Kier molecular flexibility index (Phi) is 5.79. The van der Waals surface area contributed by atoms with Gasteiger partial charge in [0.25, 0.3) is 10.1 Å². The van der Waals surface area contributed by atoms with Crippen LogP contribution in [0.1, 0.15) is 76.0 Å². The van der Waals surface area contributed by atoms with E-state index in [9.17, 15) is 13.0 Å². The summed E-state index contributed by atoms with van der Waals surface area (Å²) in [6, 6.07) is 9.62. The fourth-order valence-corrected chi connectivity index (χ4v) is 5.13. The Morgan fingerprint density at radius 3 is 2.03 bits per heavy atom. The van der Waals surface area contributed by atoms with Crippen molar-refractivity contribution in [2.45, 2.75) is 64.2 Å². The largest absolute Gasteiger partial charge is 0.295 e. The van der Waals surface area contributed by atoms with Crippen LogP contribution >= 0.6 is 0 Å². The van der Waals surface area contributed by atoms with Crippen molar-refractivity contribution in [1.29, 1.82) is 0 Å². The minimum atomic E-state index is -4.42. The minimum Gasteiger partial charge on any atom is -0.282 e. The van der Waals surface area contributed by atoms with Crippen molar-refractivity contribution in [3.63, 3.8) is 0 Å². The van der Waals surface area contributed by atoms with Crippen molar-refractivity contribution in [3.8, 4) is 11.3 Å². The van der Waals surface area contributed by atoms with Crippen molar-refractivity contribution < 1.29 is 13.0 Å². The second-order valence-electron chi connectivity index (χ2n) is 8.35. The molecule has 0 aliphatic heterocycles. The van der Waals surface area contributed by atoms with Crippen molar-refractivity contribution in [1.82, 2.24) is 9.97 Å². The van der Waals surface area contributed by atoms with Gasteiger partial charge in [-0.25, -0.2) is 9.97 Å². The summed E-state index contributed by atoms with van der Waals surface area (Å²) in [6.45, 7) is 12.0. The first kappa shape index (κ1) is 21.4. The van der Waals surface area contributed by atoms with Crippen LogP contribution in [-0.4, -0.2) is 22.9 Å². The first-order valence-electron chi connectivity index (χ1n) is 9.92. The molecular formula is C23H28N2O3S. The van der Waals surface area contributed by atoms with Crippen LogP contribution in [0.2, 0.25) is 0 Å². The number of rotatable bonds is 5. The van der Waals surface area contributed by atoms with Gasteiger partial charge in [-0.3, -0.25) is 4.55 Å². The fraction of sp³-hybridized carbons (Fsp3) is 0.391. The zero-order chi connectivity index (χ0) is 21.5. The van der Waals surface area contributed by atoms with Crippen molar-refractivity contribution >= 4 is 21.0 Å². The van der Waals surface area contributed by atoms with Crippen LogP contribution in [0.3, 0.4) is 0 Å². The summed E-state index contributed by atoms with van der Waals surface area (Å²) in [5, 5.41) is 0.859. The predicted molar refractivity (Wildman–Crippen MR) is 117 cm³/mol. The topological polar surface area (TPSA) is 80.2 Å². The molecule has 3 aromatic rings. The van der Waals surface area contributed by atoms with Crippen LogP contribution in [0.5, 0.6) is 0 Å². The molecule has 0 fully saturated rings. The van der Waals surface area contributed by atoms with E-state index in [1.807, 2.05) is 58.0 Å². The van der Waals surface area contributed by atoms with Crippen LogP contribution in [0.15, 0.2) is 41.6 Å². The average Bonchev–Trinajstić information content (AvgIpc) is 2.64. The molecule has 6 heteroatoms. The monoisotopic (exact) mass is 412 g/mol. The molecule has 0 bridgehead atoms. The van der Waals surface area contributed by atoms with Gasteiger partial charge < -0.3 is 0 Å². The van der Waals surface area contributed by atoms with Gasteiger partial charge in [0.05, 0.1) is 11.2 Å². The number of fused-ring (bicyclic) bond motifs is 1. The zero-order valence-electron chi connectivity index (χ0n) is 17.8. The van der Waals surface area contributed by atoms with Crippen molar-refractivity contribution in [3.05, 3.63) is 53.3 Å². The molecule has 5 nitrogen and oxygen atoms in total. The Morgan fingerprint density at radius 2 is 1.48 bits per heavy atom. The van der Waals surface area contributed by atoms with E-state index in [4.69, 9.17) is 0 Å². The van der Waals surface area contributed by atoms with Gasteiger partial charge in [-0.15, -0.1) is 0 Å². The molecule has 0 radical (unpaired) electrons. The Hall–Kier alpha value is -2.31. The van der Waals surface area contributed by atoms with Gasteiger partial charge in [0.2, 0.25) is 0 Å². The van der Waals surface area contributed by atoms with Crippen molar-refractivity contribution in [2.24, 2.45) is 0 Å². The molecule has 0 atom stereocenters. The first-order chi connectivity index (χ1) is 13.5. The second kappa shape index (κ2) is 7.84. The predicted octanol–water partition coefficient (Wildman–Crippen LogP) is 5.91. The Morgan fingerprint density at radius 1 is 0.862 bits per heavy atom. The van der Waals surface area contributed by atoms with Crippen LogP contribution in [-0.2, 0) is 10.1 Å². The van der Waals surface area contributed by atoms with Gasteiger partial charge >= 0.3 is 0 Å². The van der Waals surface area contributed by atoms with Gasteiger partial charge in [0, 0.05) is 10.9 Å². The summed E-state index contributed by atoms with van der Waals surface area (Å²) in [7, 11) is -4.42. The second-order valence-corrected chi connectivity index (χ2v) is 9.71. The molecule has 0 saturated heterocycles. The molecule has 154 valence electrons. The normalized spacial score (nSPS) is 12.5. The summed E-state index contributed by atoms with van der Waals surface area (Å²) in [5.74, 6) is -0.0471. The molecule has 1 N–H and O–H groups in total. The fourth-order valence-electron chi connectivity index (χ4n) is 3.92. The lowest BCUT2D eigenvalue weighted by atomic mass is 9.82. The summed E-state index contributed by atoms with van der Waals surface area (Å²) in [4.78, 5) is 8.95. The van der Waals surface area contributed by atoms with Gasteiger partial charge in [-0.05, 0) is 40.5 Å². The van der Waals surface area contributed by atoms with Crippen molar-refractivity contribution in [2.75, 3.05) is 0 Å². The minimum absolute atomic E-state index is 0.0181. The van der Waals surface area contributed by atoms with Gasteiger partial charge in [0.1, 0.15) is 11.2 Å². The van der Waals surface area contributed by atoms with E-state index < -0.39 is 10.1 Å². The Balaban J connectivity index is 2.61. The highest BCUT2D eigenvalue weighted by Gasteiger charge is 2.30. The van der Waals surface area contributed by atoms with E-state index in [-0.39, 0.29) is 22.6 Å². The van der Waals surface area contributed by atoms with E-state index in [1.54, 1.807) is 0 Å². The van der Waals surface area contributed by atoms with E-state index in [2.05, 4.69) is 23.8 Å². The number of aromatic nitrogens is 2. The molecule has 0 spiro atoms. The van der Waals surface area contributed by atoms with Crippen LogP contribution < -0.4 is 0 Å². The van der Waals surface area contributed by atoms with Crippen LogP contribution in [0, 0.1) is 0 Å². The standard InChI is InChI=1S/C23H28N2O3S/c1-13(2)17-11-18(14(3)4)23(29(26,27)28)20(15(5)6)21(17)22-16-9-7-8-10-19(16)24-12-25-22/h7-15H,1-6H3,(H,26,27,28). The van der Waals surface area contributed by atoms with Crippen LogP contribution in [0.4, 0.5) is 0 Å². The first-order valence-corrected chi connectivity index (χ1v) is 11.4. The third-order valence-corrected chi connectivity index (χ3v) is 6.21. The summed E-state index contributed by atoms with van der Waals surface area (Å²) >= 11 is 0. The highest BCUT2D eigenvalue weighted by atomic mass is 32.2. The Bertz CT molecular complexity index is 1160. The van der Waals surface area contributed by atoms with Gasteiger partial charge in [-0.1, -0.05) is 65.8 Å². The molecule has 0 aliphatic carbocycles. The highest BCUT2D eigenvalue weighted by molar-refractivity contribution is 7.86. The maximum atomic E-state index is 12.5. The maximum Gasteiger partial charge on any atom is 0.295 e. The summed E-state index contributed by atoms with van der Waals surface area (Å²) < 4.78 is 35.3. The number of hydrogen-bond donors (Lipinski definition) is 1. The molecule has 0 amide bonds. The highest BCUT2D eigenvalue weighted by Crippen LogP contribution is 2.44. The smallest absolute Gasteiger partial charge is 0.282 e. The number of benzene rings is 2. The van der Waals surface area contributed by atoms with Crippen LogP contribution in [0.25, 0.3) is 22.2 Å². The third-order valence-electron chi connectivity index (χ3n) is 5.23.